The minimum atomic E-state index is -3.65. The van der Waals surface area contributed by atoms with Crippen LogP contribution in [-0.2, 0) is 24.3 Å². The zero-order chi connectivity index (χ0) is 22.3. The van der Waals surface area contributed by atoms with Gasteiger partial charge in [0.05, 0.1) is 30.5 Å². The number of ether oxygens (including phenoxy) is 2. The summed E-state index contributed by atoms with van der Waals surface area (Å²) in [5, 5.41) is 13.1. The fourth-order valence-electron chi connectivity index (χ4n) is 2.57. The van der Waals surface area contributed by atoms with E-state index < -0.39 is 16.1 Å². The van der Waals surface area contributed by atoms with Gasteiger partial charge >= 0.3 is 6.09 Å². The minimum Gasteiger partial charge on any atom is -0.450 e. The number of amides is 2. The van der Waals surface area contributed by atoms with Crippen molar-refractivity contribution in [3.63, 3.8) is 0 Å². The van der Waals surface area contributed by atoms with Gasteiger partial charge in [-0.3, -0.25) is 10.1 Å². The number of benzene rings is 1. The van der Waals surface area contributed by atoms with Crippen molar-refractivity contribution >= 4 is 55.9 Å². The van der Waals surface area contributed by atoms with E-state index in [1.807, 2.05) is 0 Å². The van der Waals surface area contributed by atoms with E-state index in [0.717, 1.165) is 23.1 Å². The molecule has 2 N–H and O–H groups in total. The van der Waals surface area contributed by atoms with Crippen LogP contribution in [0, 0.1) is 0 Å². The van der Waals surface area contributed by atoms with E-state index in [1.165, 1.54) is 16.4 Å². The predicted octanol–water partition coefficient (Wildman–Crippen LogP) is 1.86. The van der Waals surface area contributed by atoms with Gasteiger partial charge in [-0.15, -0.1) is 10.2 Å². The monoisotopic (exact) mass is 487 g/mol. The lowest BCUT2D eigenvalue weighted by Crippen LogP contribution is -2.40. The lowest BCUT2D eigenvalue weighted by atomic mass is 10.3. The summed E-state index contributed by atoms with van der Waals surface area (Å²) in [7, 11) is -3.65. The first kappa shape index (κ1) is 23.4. The first-order valence-corrected chi connectivity index (χ1v) is 12.5. The van der Waals surface area contributed by atoms with Crippen LogP contribution < -0.4 is 10.6 Å². The highest BCUT2D eigenvalue weighted by atomic mass is 32.2. The number of anilines is 2. The Labute approximate surface area is 187 Å². The van der Waals surface area contributed by atoms with E-state index in [4.69, 9.17) is 9.47 Å². The van der Waals surface area contributed by atoms with Gasteiger partial charge in [0.15, 0.2) is 4.34 Å². The molecule has 3 rings (SSSR count). The number of nitrogens with one attached hydrogen (secondary N) is 2. The molecule has 31 heavy (non-hydrogen) atoms. The molecule has 0 saturated carbocycles. The number of morpholine rings is 1. The van der Waals surface area contributed by atoms with E-state index in [0.29, 0.717) is 36.3 Å². The van der Waals surface area contributed by atoms with Gasteiger partial charge < -0.3 is 14.8 Å². The number of sulfonamides is 1. The molecule has 2 heterocycles. The number of carbonyl (C=O) groups excluding carboxylic acids is 2. The molecule has 14 heteroatoms. The quantitative estimate of drug-likeness (QED) is 0.422. The molecule has 1 fully saturated rings. The summed E-state index contributed by atoms with van der Waals surface area (Å²) < 4.78 is 37.3. The third-order valence-electron chi connectivity index (χ3n) is 3.94. The van der Waals surface area contributed by atoms with Crippen LogP contribution in [0.25, 0.3) is 0 Å². The van der Waals surface area contributed by atoms with Crippen molar-refractivity contribution in [2.24, 2.45) is 0 Å². The topological polar surface area (TPSA) is 140 Å². The number of thioether (sulfide) groups is 1. The molecule has 0 unspecified atom stereocenters. The third-order valence-corrected chi connectivity index (χ3v) is 7.81. The molecular formula is C17H21N5O6S3. The molecule has 0 atom stereocenters. The maximum absolute atomic E-state index is 12.8. The third kappa shape index (κ3) is 6.61. The Kier molecular flexibility index (Phi) is 8.20. The standard InChI is InChI=1S/C17H21N5O6S3/c1-2-28-16(24)19-15-20-21-17(30-15)29-11-14(23)18-12-4-3-5-13(10-12)31(25,26)22-6-8-27-9-7-22/h3-5,10H,2,6-9,11H2,1H3,(H,18,23)(H,19,20,24). The zero-order valence-electron chi connectivity index (χ0n) is 16.6. The molecule has 2 amide bonds. The fourth-order valence-corrected chi connectivity index (χ4v) is 5.56. The van der Waals surface area contributed by atoms with Crippen molar-refractivity contribution in [1.29, 1.82) is 0 Å². The molecule has 1 aromatic carbocycles. The van der Waals surface area contributed by atoms with Gasteiger partial charge in [0.25, 0.3) is 0 Å². The van der Waals surface area contributed by atoms with Gasteiger partial charge in [0, 0.05) is 18.8 Å². The van der Waals surface area contributed by atoms with Crippen LogP contribution in [0.15, 0.2) is 33.5 Å². The van der Waals surface area contributed by atoms with Crippen molar-refractivity contribution in [2.75, 3.05) is 49.3 Å². The number of hydrogen-bond donors (Lipinski definition) is 2. The summed E-state index contributed by atoms with van der Waals surface area (Å²) in [5.41, 5.74) is 0.377. The molecule has 1 aromatic heterocycles. The van der Waals surface area contributed by atoms with Crippen molar-refractivity contribution < 1.29 is 27.5 Å². The van der Waals surface area contributed by atoms with Crippen LogP contribution in [-0.4, -0.2) is 73.6 Å². The van der Waals surface area contributed by atoms with Gasteiger partial charge in [-0.2, -0.15) is 4.31 Å². The highest BCUT2D eigenvalue weighted by Gasteiger charge is 2.26. The lowest BCUT2D eigenvalue weighted by Gasteiger charge is -2.26. The highest BCUT2D eigenvalue weighted by molar-refractivity contribution is 8.01. The second-order valence-corrected chi connectivity index (χ2v) is 10.2. The van der Waals surface area contributed by atoms with Gasteiger partial charge in [-0.1, -0.05) is 29.2 Å². The summed E-state index contributed by atoms with van der Waals surface area (Å²) in [5.74, 6) is -0.296. The second-order valence-electron chi connectivity index (χ2n) is 6.10. The summed E-state index contributed by atoms with van der Waals surface area (Å²) in [6, 6.07) is 6.12. The molecule has 1 saturated heterocycles. The van der Waals surface area contributed by atoms with Crippen molar-refractivity contribution in [2.45, 2.75) is 16.2 Å². The molecule has 168 valence electrons. The Balaban J connectivity index is 1.55. The Morgan fingerprint density at radius 1 is 1.26 bits per heavy atom. The molecule has 1 aliphatic heterocycles. The van der Waals surface area contributed by atoms with E-state index >= 15 is 0 Å². The number of carbonyl (C=O) groups is 2. The van der Waals surface area contributed by atoms with Crippen molar-refractivity contribution in [3.05, 3.63) is 24.3 Å². The molecule has 0 spiro atoms. The average Bonchev–Trinajstić information content (AvgIpc) is 3.20. The van der Waals surface area contributed by atoms with E-state index in [1.54, 1.807) is 19.1 Å². The fraction of sp³-hybridized carbons (Fsp3) is 0.412. The molecular weight excluding hydrogens is 466 g/mol. The second kappa shape index (κ2) is 10.9. The zero-order valence-corrected chi connectivity index (χ0v) is 19.0. The van der Waals surface area contributed by atoms with Crippen molar-refractivity contribution in [3.8, 4) is 0 Å². The van der Waals surface area contributed by atoms with E-state index in [2.05, 4.69) is 20.8 Å². The number of nitrogens with zero attached hydrogens (tertiary/aromatic N) is 3. The maximum atomic E-state index is 12.8. The molecule has 11 nitrogen and oxygen atoms in total. The van der Waals surface area contributed by atoms with Crippen LogP contribution in [0.1, 0.15) is 6.92 Å². The largest absolute Gasteiger partial charge is 0.450 e. The smallest absolute Gasteiger partial charge is 0.413 e. The van der Waals surface area contributed by atoms with Crippen molar-refractivity contribution in [1.82, 2.24) is 14.5 Å². The van der Waals surface area contributed by atoms with Crippen LogP contribution in [0.4, 0.5) is 15.6 Å². The van der Waals surface area contributed by atoms with Crippen LogP contribution in [0.5, 0.6) is 0 Å². The minimum absolute atomic E-state index is 0.0362. The maximum Gasteiger partial charge on any atom is 0.413 e. The predicted molar refractivity (Wildman–Crippen MR) is 116 cm³/mol. The Morgan fingerprint density at radius 3 is 2.77 bits per heavy atom. The van der Waals surface area contributed by atoms with Gasteiger partial charge in [-0.05, 0) is 25.1 Å². The van der Waals surface area contributed by atoms with Crippen LogP contribution in [0.3, 0.4) is 0 Å². The highest BCUT2D eigenvalue weighted by Crippen LogP contribution is 2.26. The molecule has 1 aliphatic rings. The van der Waals surface area contributed by atoms with E-state index in [9.17, 15) is 18.0 Å². The van der Waals surface area contributed by atoms with Gasteiger partial charge in [-0.25, -0.2) is 13.2 Å². The van der Waals surface area contributed by atoms with Crippen LogP contribution >= 0.6 is 23.1 Å². The summed E-state index contributed by atoms with van der Waals surface area (Å²) >= 11 is 2.25. The first-order valence-electron chi connectivity index (χ1n) is 9.26. The number of hydrogen-bond acceptors (Lipinski definition) is 10. The number of aromatic nitrogens is 2. The Morgan fingerprint density at radius 2 is 2.03 bits per heavy atom. The summed E-state index contributed by atoms with van der Waals surface area (Å²) in [4.78, 5) is 23.8. The normalized spacial score (nSPS) is 14.7. The number of rotatable bonds is 8. The van der Waals surface area contributed by atoms with Gasteiger partial charge in [0.1, 0.15) is 0 Å². The summed E-state index contributed by atoms with van der Waals surface area (Å²) in [6.07, 6.45) is -0.625. The average molecular weight is 488 g/mol. The molecule has 0 bridgehead atoms. The lowest BCUT2D eigenvalue weighted by molar-refractivity contribution is -0.113. The van der Waals surface area contributed by atoms with Gasteiger partial charge in [0.2, 0.25) is 21.1 Å². The molecule has 0 aliphatic carbocycles. The molecule has 2 aromatic rings. The SMILES string of the molecule is CCOC(=O)Nc1nnc(SCC(=O)Nc2cccc(S(=O)(=O)N3CCOCC3)c2)s1. The van der Waals surface area contributed by atoms with E-state index in [-0.39, 0.29) is 28.3 Å². The first-order chi connectivity index (χ1) is 14.9. The molecule has 0 radical (unpaired) electrons. The Bertz CT molecular complexity index is 1020. The Hall–Kier alpha value is -2.26. The summed E-state index contributed by atoms with van der Waals surface area (Å²) in [6.45, 7) is 3.23. The van der Waals surface area contributed by atoms with Crippen LogP contribution in [0.2, 0.25) is 0 Å².